The molecule has 0 fully saturated rings. The SMILES string of the molecule is C#CC(C)(C)NC(=O)N(CC)C(C)CC(=O)O. The maximum absolute atomic E-state index is 11.9. The number of rotatable bonds is 5. The molecule has 2 N–H and O–H groups in total. The standard InChI is InChI=1S/C12H20N2O3/c1-6-12(4,5)13-11(17)14(7-2)9(3)8-10(15)16/h1,9H,7-8H2,2-5H3,(H,13,17)(H,15,16). The fourth-order valence-electron chi connectivity index (χ4n) is 1.39. The number of carboxylic acids is 1. The van der Waals surface area contributed by atoms with Crippen LogP contribution in [0.25, 0.3) is 0 Å². The largest absolute Gasteiger partial charge is 0.481 e. The van der Waals surface area contributed by atoms with E-state index >= 15 is 0 Å². The van der Waals surface area contributed by atoms with Crippen LogP contribution in [0, 0.1) is 12.3 Å². The number of aliphatic carboxylic acids is 1. The first-order chi connectivity index (χ1) is 7.73. The van der Waals surface area contributed by atoms with E-state index in [9.17, 15) is 9.59 Å². The van der Waals surface area contributed by atoms with Gasteiger partial charge in [-0.2, -0.15) is 0 Å². The number of carboxylic acid groups (broad SMARTS) is 1. The molecule has 0 aromatic rings. The van der Waals surface area contributed by atoms with Crippen LogP contribution < -0.4 is 5.32 Å². The van der Waals surface area contributed by atoms with Crippen molar-refractivity contribution in [3.05, 3.63) is 0 Å². The summed E-state index contributed by atoms with van der Waals surface area (Å²) in [5, 5.41) is 11.4. The first-order valence-corrected chi connectivity index (χ1v) is 5.51. The molecule has 96 valence electrons. The van der Waals surface area contributed by atoms with Crippen molar-refractivity contribution in [1.82, 2.24) is 10.2 Å². The molecule has 0 spiro atoms. The summed E-state index contributed by atoms with van der Waals surface area (Å²) < 4.78 is 0. The minimum absolute atomic E-state index is 0.0856. The molecule has 17 heavy (non-hydrogen) atoms. The van der Waals surface area contributed by atoms with Crippen LogP contribution in [-0.2, 0) is 4.79 Å². The normalized spacial score (nSPS) is 12.4. The highest BCUT2D eigenvalue weighted by molar-refractivity contribution is 5.77. The second kappa shape index (κ2) is 6.14. The van der Waals surface area contributed by atoms with E-state index in [1.165, 1.54) is 4.90 Å². The number of hydrogen-bond acceptors (Lipinski definition) is 2. The van der Waals surface area contributed by atoms with Gasteiger partial charge in [-0.25, -0.2) is 4.79 Å². The number of carbonyl (C=O) groups excluding carboxylic acids is 1. The van der Waals surface area contributed by atoms with Crippen molar-refractivity contribution in [2.75, 3.05) is 6.54 Å². The average Bonchev–Trinajstić information content (AvgIpc) is 2.16. The lowest BCUT2D eigenvalue weighted by Crippen LogP contribution is -2.52. The molecule has 1 atom stereocenters. The Morgan fingerprint density at radius 3 is 2.41 bits per heavy atom. The predicted octanol–water partition coefficient (Wildman–Crippen LogP) is 1.29. The molecular formula is C12H20N2O3. The molecule has 0 aliphatic carbocycles. The molecule has 5 nitrogen and oxygen atoms in total. The number of nitrogens with one attached hydrogen (secondary N) is 1. The maximum atomic E-state index is 11.9. The van der Waals surface area contributed by atoms with Gasteiger partial charge < -0.3 is 15.3 Å². The average molecular weight is 240 g/mol. The van der Waals surface area contributed by atoms with Gasteiger partial charge in [0, 0.05) is 12.6 Å². The Balaban J connectivity index is 4.62. The van der Waals surface area contributed by atoms with E-state index in [1.54, 1.807) is 27.7 Å². The lowest BCUT2D eigenvalue weighted by atomic mass is 10.1. The summed E-state index contributed by atoms with van der Waals surface area (Å²) in [4.78, 5) is 24.0. The molecule has 0 bridgehead atoms. The third kappa shape index (κ3) is 5.25. The number of amides is 2. The Labute approximate surface area is 102 Å². The molecule has 2 amide bonds. The lowest BCUT2D eigenvalue weighted by Gasteiger charge is -2.30. The van der Waals surface area contributed by atoms with Crippen molar-refractivity contribution in [1.29, 1.82) is 0 Å². The zero-order valence-corrected chi connectivity index (χ0v) is 10.8. The minimum atomic E-state index is -0.931. The van der Waals surface area contributed by atoms with Gasteiger partial charge in [-0.3, -0.25) is 4.79 Å². The topological polar surface area (TPSA) is 69.6 Å². The Morgan fingerprint density at radius 1 is 1.53 bits per heavy atom. The molecule has 5 heteroatoms. The van der Waals surface area contributed by atoms with E-state index < -0.39 is 11.5 Å². The number of terminal acetylenes is 1. The van der Waals surface area contributed by atoms with E-state index in [4.69, 9.17) is 11.5 Å². The zero-order chi connectivity index (χ0) is 13.6. The molecule has 0 radical (unpaired) electrons. The second-order valence-corrected chi connectivity index (χ2v) is 4.43. The van der Waals surface area contributed by atoms with Gasteiger partial charge in [0.05, 0.1) is 12.0 Å². The van der Waals surface area contributed by atoms with Gasteiger partial charge in [0.1, 0.15) is 0 Å². The third-order valence-corrected chi connectivity index (χ3v) is 2.38. The van der Waals surface area contributed by atoms with E-state index in [1.807, 2.05) is 0 Å². The number of hydrogen-bond donors (Lipinski definition) is 2. The van der Waals surface area contributed by atoms with Crippen LogP contribution in [0.4, 0.5) is 4.79 Å². The molecule has 0 aromatic carbocycles. The summed E-state index contributed by atoms with van der Waals surface area (Å²) >= 11 is 0. The van der Waals surface area contributed by atoms with Crippen molar-refractivity contribution in [2.45, 2.75) is 45.7 Å². The van der Waals surface area contributed by atoms with Gasteiger partial charge in [-0.15, -0.1) is 6.42 Å². The van der Waals surface area contributed by atoms with Crippen molar-refractivity contribution < 1.29 is 14.7 Å². The smallest absolute Gasteiger partial charge is 0.318 e. The second-order valence-electron chi connectivity index (χ2n) is 4.43. The highest BCUT2D eigenvalue weighted by Crippen LogP contribution is 2.07. The fourth-order valence-corrected chi connectivity index (χ4v) is 1.39. The number of urea groups is 1. The van der Waals surface area contributed by atoms with Crippen LogP contribution >= 0.6 is 0 Å². The molecule has 0 heterocycles. The predicted molar refractivity (Wildman–Crippen MR) is 65.5 cm³/mol. The fraction of sp³-hybridized carbons (Fsp3) is 0.667. The van der Waals surface area contributed by atoms with Crippen LogP contribution in [-0.4, -0.2) is 40.1 Å². The van der Waals surface area contributed by atoms with Crippen LogP contribution in [0.1, 0.15) is 34.1 Å². The van der Waals surface area contributed by atoms with Gasteiger partial charge in [0.25, 0.3) is 0 Å². The Hall–Kier alpha value is -1.70. The van der Waals surface area contributed by atoms with Gasteiger partial charge in [0.2, 0.25) is 0 Å². The van der Waals surface area contributed by atoms with Gasteiger partial charge in [-0.05, 0) is 27.7 Å². The number of carbonyl (C=O) groups is 2. The maximum Gasteiger partial charge on any atom is 0.318 e. The Bertz CT molecular complexity index is 331. The molecular weight excluding hydrogens is 220 g/mol. The molecule has 0 saturated carbocycles. The lowest BCUT2D eigenvalue weighted by molar-refractivity contribution is -0.138. The van der Waals surface area contributed by atoms with Crippen LogP contribution in [0.3, 0.4) is 0 Å². The molecule has 0 aliphatic rings. The summed E-state index contributed by atoms with van der Waals surface area (Å²) in [6, 6.07) is -0.713. The van der Waals surface area contributed by atoms with Crippen molar-refractivity contribution in [2.24, 2.45) is 0 Å². The van der Waals surface area contributed by atoms with Crippen LogP contribution in [0.2, 0.25) is 0 Å². The van der Waals surface area contributed by atoms with Gasteiger partial charge in [-0.1, -0.05) is 5.92 Å². The van der Waals surface area contributed by atoms with Crippen molar-refractivity contribution in [3.8, 4) is 12.3 Å². The summed E-state index contributed by atoms with van der Waals surface area (Å²) in [6.07, 6.45) is 5.19. The molecule has 0 aromatic heterocycles. The molecule has 0 rings (SSSR count). The van der Waals surface area contributed by atoms with E-state index in [0.717, 1.165) is 0 Å². The van der Waals surface area contributed by atoms with Gasteiger partial charge >= 0.3 is 12.0 Å². The van der Waals surface area contributed by atoms with Crippen LogP contribution in [0.5, 0.6) is 0 Å². The zero-order valence-electron chi connectivity index (χ0n) is 10.8. The summed E-state index contributed by atoms with van der Waals surface area (Å²) in [5.74, 6) is 1.53. The van der Waals surface area contributed by atoms with E-state index in [0.29, 0.717) is 6.54 Å². The van der Waals surface area contributed by atoms with E-state index in [2.05, 4.69) is 11.2 Å². The first kappa shape index (κ1) is 15.3. The Morgan fingerprint density at radius 2 is 2.06 bits per heavy atom. The third-order valence-electron chi connectivity index (χ3n) is 2.38. The summed E-state index contributed by atoms with van der Waals surface area (Å²) in [6.45, 7) is 7.34. The summed E-state index contributed by atoms with van der Waals surface area (Å²) in [5.41, 5.74) is -0.743. The van der Waals surface area contributed by atoms with Crippen molar-refractivity contribution in [3.63, 3.8) is 0 Å². The quantitative estimate of drug-likeness (QED) is 0.711. The highest BCUT2D eigenvalue weighted by Gasteiger charge is 2.25. The minimum Gasteiger partial charge on any atom is -0.481 e. The molecule has 0 aliphatic heterocycles. The number of nitrogens with zero attached hydrogens (tertiary/aromatic N) is 1. The molecule has 1 unspecified atom stereocenters. The summed E-state index contributed by atoms with van der Waals surface area (Å²) in [7, 11) is 0. The molecule has 0 saturated heterocycles. The van der Waals surface area contributed by atoms with E-state index in [-0.39, 0.29) is 18.5 Å². The van der Waals surface area contributed by atoms with Gasteiger partial charge in [0.15, 0.2) is 0 Å². The monoisotopic (exact) mass is 240 g/mol. The van der Waals surface area contributed by atoms with Crippen molar-refractivity contribution >= 4 is 12.0 Å². The highest BCUT2D eigenvalue weighted by atomic mass is 16.4. The Kier molecular flexibility index (Phi) is 5.52. The van der Waals surface area contributed by atoms with Crippen LogP contribution in [0.15, 0.2) is 0 Å². The first-order valence-electron chi connectivity index (χ1n) is 5.51.